The first-order valence-corrected chi connectivity index (χ1v) is 10.9. The number of nitrogens with one attached hydrogen (secondary N) is 1. The van der Waals surface area contributed by atoms with Gasteiger partial charge in [0.2, 0.25) is 15.9 Å². The molecular formula is C21H21FN4O4S. The molecule has 0 aliphatic rings. The normalized spacial score (nSPS) is 12.4. The molecule has 0 bridgehead atoms. The minimum atomic E-state index is -3.75. The summed E-state index contributed by atoms with van der Waals surface area (Å²) in [5.74, 6) is -0.781. The van der Waals surface area contributed by atoms with Gasteiger partial charge in [-0.05, 0) is 61.4 Å². The number of benzene rings is 2. The van der Waals surface area contributed by atoms with E-state index in [9.17, 15) is 22.4 Å². The second-order valence-electron chi connectivity index (χ2n) is 6.91. The minimum Gasteiger partial charge on any atom is -0.354 e. The van der Waals surface area contributed by atoms with Gasteiger partial charge in [-0.25, -0.2) is 22.6 Å². The molecule has 3 rings (SSSR count). The fourth-order valence-electron chi connectivity index (χ4n) is 2.91. The van der Waals surface area contributed by atoms with Gasteiger partial charge in [-0.3, -0.25) is 9.59 Å². The number of rotatable bonds is 7. The first-order valence-electron chi connectivity index (χ1n) is 9.40. The summed E-state index contributed by atoms with van der Waals surface area (Å²) in [4.78, 5) is 24.7. The molecule has 0 radical (unpaired) electrons. The Kier molecular flexibility index (Phi) is 6.62. The Hall–Kier alpha value is -3.37. The van der Waals surface area contributed by atoms with E-state index in [1.165, 1.54) is 36.4 Å². The average Bonchev–Trinajstić information content (AvgIpc) is 2.74. The number of hydrogen-bond donors (Lipinski definition) is 2. The zero-order valence-corrected chi connectivity index (χ0v) is 17.5. The Morgan fingerprint density at radius 1 is 1.10 bits per heavy atom. The van der Waals surface area contributed by atoms with Crippen molar-refractivity contribution >= 4 is 15.9 Å². The third-order valence-electron chi connectivity index (χ3n) is 4.68. The molecule has 0 saturated carbocycles. The van der Waals surface area contributed by atoms with Crippen LogP contribution in [-0.4, -0.2) is 30.7 Å². The van der Waals surface area contributed by atoms with Crippen molar-refractivity contribution in [3.05, 3.63) is 82.4 Å². The van der Waals surface area contributed by atoms with Crippen LogP contribution in [0.4, 0.5) is 4.39 Å². The number of primary sulfonamides is 1. The van der Waals surface area contributed by atoms with Crippen LogP contribution in [-0.2, 0) is 21.2 Å². The SMILES string of the molecule is C[C@H](C(=O)NCCc1ccc(S(N)(=O)=O)cc1)n1nc(-c2ccc(F)cc2)ccc1=O. The molecule has 162 valence electrons. The number of amides is 1. The highest BCUT2D eigenvalue weighted by Crippen LogP contribution is 2.16. The molecule has 31 heavy (non-hydrogen) atoms. The molecule has 0 aliphatic carbocycles. The number of halogens is 1. The predicted octanol–water partition coefficient (Wildman–Crippen LogP) is 1.62. The molecule has 0 aliphatic heterocycles. The van der Waals surface area contributed by atoms with E-state index in [0.29, 0.717) is 17.7 Å². The Bertz CT molecular complexity index is 1240. The highest BCUT2D eigenvalue weighted by molar-refractivity contribution is 7.89. The number of carbonyl (C=O) groups excluding carboxylic acids is 1. The summed E-state index contributed by atoms with van der Waals surface area (Å²) < 4.78 is 36.8. The maximum Gasteiger partial charge on any atom is 0.267 e. The fourth-order valence-corrected chi connectivity index (χ4v) is 3.43. The Labute approximate surface area is 178 Å². The van der Waals surface area contributed by atoms with Crippen molar-refractivity contribution in [2.75, 3.05) is 6.54 Å². The van der Waals surface area contributed by atoms with Crippen LogP contribution < -0.4 is 16.0 Å². The van der Waals surface area contributed by atoms with E-state index in [0.717, 1.165) is 10.2 Å². The number of sulfonamides is 1. The fraction of sp³-hybridized carbons (Fsp3) is 0.190. The standard InChI is InChI=1S/C21H21FN4O4S/c1-14(21(28)24-13-12-15-2-8-18(9-3-15)31(23,29)30)26-20(27)11-10-19(25-26)16-4-6-17(22)7-5-16/h2-11,14H,12-13H2,1H3,(H,24,28)(H2,23,29,30)/t14-/m1/s1. The monoisotopic (exact) mass is 444 g/mol. The summed E-state index contributed by atoms with van der Waals surface area (Å²) in [6.07, 6.45) is 0.460. The van der Waals surface area contributed by atoms with Crippen molar-refractivity contribution in [1.82, 2.24) is 15.1 Å². The van der Waals surface area contributed by atoms with Gasteiger partial charge in [-0.1, -0.05) is 12.1 Å². The highest BCUT2D eigenvalue weighted by Gasteiger charge is 2.18. The Morgan fingerprint density at radius 3 is 2.35 bits per heavy atom. The van der Waals surface area contributed by atoms with Crippen molar-refractivity contribution in [2.45, 2.75) is 24.3 Å². The molecule has 0 spiro atoms. The van der Waals surface area contributed by atoms with E-state index in [2.05, 4.69) is 10.4 Å². The Balaban J connectivity index is 1.65. The lowest BCUT2D eigenvalue weighted by molar-refractivity contribution is -0.124. The van der Waals surface area contributed by atoms with Crippen molar-refractivity contribution < 1.29 is 17.6 Å². The lowest BCUT2D eigenvalue weighted by Gasteiger charge is -2.15. The number of carbonyl (C=O) groups is 1. The molecule has 2 aromatic carbocycles. The maximum absolute atomic E-state index is 13.1. The minimum absolute atomic E-state index is 0.0143. The van der Waals surface area contributed by atoms with Gasteiger partial charge in [0.1, 0.15) is 11.9 Å². The van der Waals surface area contributed by atoms with Gasteiger partial charge in [0.05, 0.1) is 10.6 Å². The largest absolute Gasteiger partial charge is 0.354 e. The molecule has 1 amide bonds. The van der Waals surface area contributed by atoms with E-state index >= 15 is 0 Å². The molecule has 0 unspecified atom stereocenters. The van der Waals surface area contributed by atoms with Crippen molar-refractivity contribution in [3.63, 3.8) is 0 Å². The van der Waals surface area contributed by atoms with Gasteiger partial charge in [0.25, 0.3) is 5.56 Å². The number of nitrogens with two attached hydrogens (primary N) is 1. The maximum atomic E-state index is 13.1. The summed E-state index contributed by atoms with van der Waals surface area (Å²) >= 11 is 0. The number of hydrogen-bond acceptors (Lipinski definition) is 5. The predicted molar refractivity (Wildman–Crippen MR) is 113 cm³/mol. The van der Waals surface area contributed by atoms with E-state index in [-0.39, 0.29) is 17.3 Å². The lowest BCUT2D eigenvalue weighted by atomic mass is 10.1. The van der Waals surface area contributed by atoms with Crippen LogP contribution >= 0.6 is 0 Å². The van der Waals surface area contributed by atoms with Gasteiger partial charge in [-0.2, -0.15) is 5.10 Å². The smallest absolute Gasteiger partial charge is 0.267 e. The zero-order valence-electron chi connectivity index (χ0n) is 16.7. The van der Waals surface area contributed by atoms with Gasteiger partial charge >= 0.3 is 0 Å². The van der Waals surface area contributed by atoms with E-state index in [4.69, 9.17) is 5.14 Å². The second-order valence-corrected chi connectivity index (χ2v) is 8.48. The molecule has 0 fully saturated rings. The summed E-state index contributed by atoms with van der Waals surface area (Å²) in [7, 11) is -3.75. The topological polar surface area (TPSA) is 124 Å². The summed E-state index contributed by atoms with van der Waals surface area (Å²) in [5, 5.41) is 12.0. The van der Waals surface area contributed by atoms with Gasteiger partial charge in [0.15, 0.2) is 0 Å². The lowest BCUT2D eigenvalue weighted by Crippen LogP contribution is -2.37. The van der Waals surface area contributed by atoms with Gasteiger partial charge in [-0.15, -0.1) is 0 Å². The third kappa shape index (κ3) is 5.62. The molecule has 3 aromatic rings. The van der Waals surface area contributed by atoms with E-state index < -0.39 is 27.5 Å². The first kappa shape index (κ1) is 22.3. The second kappa shape index (κ2) is 9.19. The molecule has 3 N–H and O–H groups in total. The molecule has 1 heterocycles. The van der Waals surface area contributed by atoms with Crippen LogP contribution in [0.25, 0.3) is 11.3 Å². The summed E-state index contributed by atoms with van der Waals surface area (Å²) in [6, 6.07) is 13.7. The van der Waals surface area contributed by atoms with E-state index in [1.54, 1.807) is 31.2 Å². The summed E-state index contributed by atoms with van der Waals surface area (Å²) in [5.41, 5.74) is 1.43. The molecule has 1 aromatic heterocycles. The van der Waals surface area contributed by atoms with Crippen LogP contribution in [0.1, 0.15) is 18.5 Å². The van der Waals surface area contributed by atoms with Gasteiger partial charge in [0, 0.05) is 18.2 Å². The van der Waals surface area contributed by atoms with Crippen LogP contribution in [0.5, 0.6) is 0 Å². The molecule has 1 atom stereocenters. The number of aromatic nitrogens is 2. The van der Waals surface area contributed by atoms with Crippen LogP contribution in [0, 0.1) is 5.82 Å². The van der Waals surface area contributed by atoms with Crippen molar-refractivity contribution in [3.8, 4) is 11.3 Å². The molecular weight excluding hydrogens is 423 g/mol. The van der Waals surface area contributed by atoms with E-state index in [1.807, 2.05) is 0 Å². The Morgan fingerprint density at radius 2 is 1.74 bits per heavy atom. The first-order chi connectivity index (χ1) is 14.6. The zero-order chi connectivity index (χ0) is 22.6. The average molecular weight is 444 g/mol. The summed E-state index contributed by atoms with van der Waals surface area (Å²) in [6.45, 7) is 1.84. The highest BCUT2D eigenvalue weighted by atomic mass is 32.2. The van der Waals surface area contributed by atoms with Crippen molar-refractivity contribution in [2.24, 2.45) is 5.14 Å². The van der Waals surface area contributed by atoms with Gasteiger partial charge < -0.3 is 5.32 Å². The van der Waals surface area contributed by atoms with Crippen LogP contribution in [0.2, 0.25) is 0 Å². The molecule has 10 heteroatoms. The van der Waals surface area contributed by atoms with Crippen LogP contribution in [0.15, 0.2) is 70.4 Å². The molecule has 8 nitrogen and oxygen atoms in total. The third-order valence-corrected chi connectivity index (χ3v) is 5.61. The quantitative estimate of drug-likeness (QED) is 0.573. The molecule has 0 saturated heterocycles. The van der Waals surface area contributed by atoms with Crippen LogP contribution in [0.3, 0.4) is 0 Å². The van der Waals surface area contributed by atoms with Crippen molar-refractivity contribution in [1.29, 1.82) is 0 Å². The number of nitrogens with zero attached hydrogens (tertiary/aromatic N) is 2.